The van der Waals surface area contributed by atoms with E-state index in [1.54, 1.807) is 0 Å². The Morgan fingerprint density at radius 2 is 1.61 bits per heavy atom. The predicted octanol–water partition coefficient (Wildman–Crippen LogP) is 7.25. The van der Waals surface area contributed by atoms with Gasteiger partial charge < -0.3 is 0 Å². The quantitative estimate of drug-likeness (QED) is 0.422. The molecule has 0 fully saturated rings. The van der Waals surface area contributed by atoms with E-state index < -0.39 is 0 Å². The first kappa shape index (κ1) is 18.7. The van der Waals surface area contributed by atoms with Crippen molar-refractivity contribution in [2.45, 2.75) is 25.7 Å². The summed E-state index contributed by atoms with van der Waals surface area (Å²) >= 11 is 6.05. The molecule has 0 saturated carbocycles. The molecule has 1 aliphatic rings. The predicted molar refractivity (Wildman–Crippen MR) is 118 cm³/mol. The van der Waals surface area contributed by atoms with Gasteiger partial charge in [-0.15, -0.1) is 0 Å². The SMILES string of the molecule is O=Cc1ccc(C2=CCC(Cc3ccccc3-c3ccc(Cl)cc3)CC2)cc1. The van der Waals surface area contributed by atoms with Gasteiger partial charge in [-0.05, 0) is 71.6 Å². The lowest BCUT2D eigenvalue weighted by Gasteiger charge is -2.23. The largest absolute Gasteiger partial charge is 0.298 e. The van der Waals surface area contributed by atoms with E-state index in [0.29, 0.717) is 5.92 Å². The first-order valence-corrected chi connectivity index (χ1v) is 10.2. The first-order chi connectivity index (χ1) is 13.7. The van der Waals surface area contributed by atoms with Gasteiger partial charge in [0.1, 0.15) is 6.29 Å². The van der Waals surface area contributed by atoms with Crippen LogP contribution >= 0.6 is 11.6 Å². The van der Waals surface area contributed by atoms with Crippen LogP contribution in [0.2, 0.25) is 5.02 Å². The van der Waals surface area contributed by atoms with E-state index in [2.05, 4.69) is 54.6 Å². The number of carbonyl (C=O) groups is 1. The van der Waals surface area contributed by atoms with Gasteiger partial charge in [-0.25, -0.2) is 0 Å². The minimum Gasteiger partial charge on any atom is -0.298 e. The minimum atomic E-state index is 0.659. The number of rotatable bonds is 5. The Kier molecular flexibility index (Phi) is 5.73. The fourth-order valence-corrected chi connectivity index (χ4v) is 4.16. The second-order valence-electron chi connectivity index (χ2n) is 7.48. The average Bonchev–Trinajstić information content (AvgIpc) is 2.75. The summed E-state index contributed by atoms with van der Waals surface area (Å²) in [7, 11) is 0. The van der Waals surface area contributed by atoms with Gasteiger partial charge in [0.05, 0.1) is 0 Å². The fraction of sp³-hybridized carbons (Fsp3) is 0.192. The van der Waals surface area contributed by atoms with Gasteiger partial charge in [0.25, 0.3) is 0 Å². The summed E-state index contributed by atoms with van der Waals surface area (Å²) in [4.78, 5) is 10.8. The van der Waals surface area contributed by atoms with Gasteiger partial charge in [-0.1, -0.05) is 78.3 Å². The number of benzene rings is 3. The van der Waals surface area contributed by atoms with E-state index in [9.17, 15) is 4.79 Å². The summed E-state index contributed by atoms with van der Waals surface area (Å²) < 4.78 is 0. The summed E-state index contributed by atoms with van der Waals surface area (Å²) in [6.45, 7) is 0. The summed E-state index contributed by atoms with van der Waals surface area (Å²) in [5.41, 5.74) is 7.31. The maximum atomic E-state index is 10.8. The van der Waals surface area contributed by atoms with E-state index in [4.69, 9.17) is 11.6 Å². The lowest BCUT2D eigenvalue weighted by Crippen LogP contribution is -2.09. The smallest absolute Gasteiger partial charge is 0.150 e. The van der Waals surface area contributed by atoms with Gasteiger partial charge in [0.2, 0.25) is 0 Å². The van der Waals surface area contributed by atoms with E-state index >= 15 is 0 Å². The van der Waals surface area contributed by atoms with Crippen LogP contribution in [0.3, 0.4) is 0 Å². The Morgan fingerprint density at radius 1 is 0.893 bits per heavy atom. The maximum absolute atomic E-state index is 10.8. The van der Waals surface area contributed by atoms with Crippen molar-refractivity contribution in [3.63, 3.8) is 0 Å². The zero-order chi connectivity index (χ0) is 19.3. The third-order valence-corrected chi connectivity index (χ3v) is 5.87. The molecule has 0 heterocycles. The summed E-state index contributed by atoms with van der Waals surface area (Å²) in [5.74, 6) is 0.659. The molecule has 28 heavy (non-hydrogen) atoms. The molecule has 3 aromatic rings. The summed E-state index contributed by atoms with van der Waals surface area (Å²) in [6.07, 6.45) is 7.75. The molecule has 0 spiro atoms. The Labute approximate surface area is 171 Å². The van der Waals surface area contributed by atoms with Crippen molar-refractivity contribution in [2.75, 3.05) is 0 Å². The van der Waals surface area contributed by atoms with E-state index in [1.807, 2.05) is 24.3 Å². The topological polar surface area (TPSA) is 17.1 Å². The monoisotopic (exact) mass is 386 g/mol. The molecule has 0 amide bonds. The Balaban J connectivity index is 1.48. The van der Waals surface area contributed by atoms with Crippen molar-refractivity contribution in [1.29, 1.82) is 0 Å². The second-order valence-corrected chi connectivity index (χ2v) is 7.91. The highest BCUT2D eigenvalue weighted by molar-refractivity contribution is 6.30. The molecule has 0 aliphatic heterocycles. The molecular formula is C26H23ClO. The highest BCUT2D eigenvalue weighted by atomic mass is 35.5. The van der Waals surface area contributed by atoms with Gasteiger partial charge in [-0.2, -0.15) is 0 Å². The highest BCUT2D eigenvalue weighted by Gasteiger charge is 2.17. The molecular weight excluding hydrogens is 364 g/mol. The van der Waals surface area contributed by atoms with Crippen molar-refractivity contribution in [2.24, 2.45) is 5.92 Å². The fourth-order valence-electron chi connectivity index (χ4n) is 4.03. The van der Waals surface area contributed by atoms with E-state index in [-0.39, 0.29) is 0 Å². The Bertz CT molecular complexity index is 984. The number of allylic oxidation sites excluding steroid dienone is 2. The lowest BCUT2D eigenvalue weighted by molar-refractivity contribution is 0.112. The molecule has 0 bridgehead atoms. The summed E-state index contributed by atoms with van der Waals surface area (Å²) in [6, 6.07) is 24.7. The third-order valence-electron chi connectivity index (χ3n) is 5.62. The van der Waals surface area contributed by atoms with Crippen LogP contribution in [0.25, 0.3) is 16.7 Å². The molecule has 140 valence electrons. The van der Waals surface area contributed by atoms with E-state index in [0.717, 1.165) is 36.1 Å². The van der Waals surface area contributed by atoms with Gasteiger partial charge in [-0.3, -0.25) is 4.79 Å². The lowest BCUT2D eigenvalue weighted by atomic mass is 9.82. The highest BCUT2D eigenvalue weighted by Crippen LogP contribution is 2.34. The summed E-state index contributed by atoms with van der Waals surface area (Å²) in [5, 5.41) is 0.771. The van der Waals surface area contributed by atoms with Crippen molar-refractivity contribution in [3.05, 3.63) is 101 Å². The minimum absolute atomic E-state index is 0.659. The van der Waals surface area contributed by atoms with Gasteiger partial charge in [0.15, 0.2) is 0 Å². The van der Waals surface area contributed by atoms with Gasteiger partial charge >= 0.3 is 0 Å². The maximum Gasteiger partial charge on any atom is 0.150 e. The first-order valence-electron chi connectivity index (χ1n) is 9.81. The van der Waals surface area contributed by atoms with Crippen LogP contribution in [0, 0.1) is 5.92 Å². The number of carbonyl (C=O) groups excluding carboxylic acids is 1. The zero-order valence-corrected chi connectivity index (χ0v) is 16.5. The molecule has 0 saturated heterocycles. The van der Waals surface area contributed by atoms with E-state index in [1.165, 1.54) is 34.2 Å². The van der Waals surface area contributed by atoms with Crippen molar-refractivity contribution < 1.29 is 4.79 Å². The van der Waals surface area contributed by atoms with Crippen LogP contribution in [-0.2, 0) is 6.42 Å². The van der Waals surface area contributed by atoms with Crippen LogP contribution in [0.5, 0.6) is 0 Å². The molecule has 0 radical (unpaired) electrons. The molecule has 1 atom stereocenters. The molecule has 2 heteroatoms. The molecule has 1 unspecified atom stereocenters. The van der Waals surface area contributed by atoms with Crippen LogP contribution in [0.1, 0.15) is 40.7 Å². The van der Waals surface area contributed by atoms with Crippen molar-refractivity contribution >= 4 is 23.5 Å². The van der Waals surface area contributed by atoms with Crippen LogP contribution < -0.4 is 0 Å². The van der Waals surface area contributed by atoms with Crippen LogP contribution in [-0.4, -0.2) is 6.29 Å². The Morgan fingerprint density at radius 3 is 2.29 bits per heavy atom. The molecule has 0 N–H and O–H groups in total. The van der Waals surface area contributed by atoms with Crippen molar-refractivity contribution in [1.82, 2.24) is 0 Å². The number of hydrogen-bond acceptors (Lipinski definition) is 1. The Hall–Kier alpha value is -2.64. The van der Waals surface area contributed by atoms with Crippen LogP contribution in [0.15, 0.2) is 78.9 Å². The number of hydrogen-bond donors (Lipinski definition) is 0. The zero-order valence-electron chi connectivity index (χ0n) is 15.8. The second kappa shape index (κ2) is 8.58. The number of aldehydes is 1. The third kappa shape index (κ3) is 4.26. The molecule has 1 nitrogen and oxygen atoms in total. The average molecular weight is 387 g/mol. The molecule has 4 rings (SSSR count). The molecule has 3 aromatic carbocycles. The molecule has 0 aromatic heterocycles. The van der Waals surface area contributed by atoms with Gasteiger partial charge in [0, 0.05) is 10.6 Å². The number of halogens is 1. The van der Waals surface area contributed by atoms with Crippen molar-refractivity contribution in [3.8, 4) is 11.1 Å². The molecule has 1 aliphatic carbocycles. The van der Waals surface area contributed by atoms with Crippen LogP contribution in [0.4, 0.5) is 0 Å². The normalized spacial score (nSPS) is 16.5. The standard InChI is InChI=1S/C26H23ClO/c27-25-15-13-23(14-16-25)26-4-2-1-3-24(26)17-19-5-9-21(10-6-19)22-11-7-20(18-28)8-12-22/h1-4,7-9,11-16,18-19H,5-6,10,17H2.